The number of aromatic nitrogens is 1. The van der Waals surface area contributed by atoms with Crippen LogP contribution in [-0.2, 0) is 16.0 Å². The smallest absolute Gasteiger partial charge is 0.167 e. The van der Waals surface area contributed by atoms with Gasteiger partial charge in [0.1, 0.15) is 6.10 Å². The lowest BCUT2D eigenvalue weighted by molar-refractivity contribution is -0.127. The van der Waals surface area contributed by atoms with Crippen molar-refractivity contribution in [1.82, 2.24) is 4.98 Å². The molecule has 0 radical (unpaired) electrons. The molecule has 2 rings (SSSR count). The fraction of sp³-hybridized carbons (Fsp3) is 0.600. The van der Waals surface area contributed by atoms with Gasteiger partial charge in [-0.2, -0.15) is 0 Å². The Labute approximate surface area is 87.1 Å². The van der Waals surface area contributed by atoms with Crippen LogP contribution in [-0.4, -0.2) is 23.5 Å². The Balaban J connectivity index is 1.93. The minimum atomic E-state index is -0.169. The summed E-state index contributed by atoms with van der Waals surface area (Å²) < 4.78 is 5.32. The molecule has 0 aromatic carbocycles. The van der Waals surface area contributed by atoms with E-state index in [2.05, 4.69) is 4.98 Å². The van der Waals surface area contributed by atoms with Crippen molar-refractivity contribution < 1.29 is 9.53 Å². The van der Waals surface area contributed by atoms with Crippen molar-refractivity contribution in [2.75, 3.05) is 6.61 Å². The number of hydrogen-bond acceptors (Lipinski definition) is 4. The quantitative estimate of drug-likeness (QED) is 0.764. The van der Waals surface area contributed by atoms with Crippen molar-refractivity contribution in [2.45, 2.75) is 32.3 Å². The molecule has 0 N–H and O–H groups in total. The van der Waals surface area contributed by atoms with Gasteiger partial charge in [-0.25, -0.2) is 4.98 Å². The Bertz CT molecular complexity index is 329. The Morgan fingerprint density at radius 1 is 1.79 bits per heavy atom. The van der Waals surface area contributed by atoms with Gasteiger partial charge in [-0.3, -0.25) is 4.79 Å². The third-order valence-corrected chi connectivity index (χ3v) is 3.13. The SMILES string of the molecule is Cc1nc(CC(=O)C2CCCO2)cs1. The van der Waals surface area contributed by atoms with Gasteiger partial charge in [-0.05, 0) is 19.8 Å². The molecule has 3 nitrogen and oxygen atoms in total. The van der Waals surface area contributed by atoms with E-state index < -0.39 is 0 Å². The maximum Gasteiger partial charge on any atom is 0.167 e. The topological polar surface area (TPSA) is 39.2 Å². The lowest BCUT2D eigenvalue weighted by atomic mass is 10.1. The minimum absolute atomic E-state index is 0.169. The van der Waals surface area contributed by atoms with Gasteiger partial charge in [-0.1, -0.05) is 0 Å². The van der Waals surface area contributed by atoms with Crippen LogP contribution in [0, 0.1) is 6.92 Å². The second kappa shape index (κ2) is 4.19. The predicted octanol–water partition coefficient (Wildman–Crippen LogP) is 1.74. The van der Waals surface area contributed by atoms with E-state index in [1.165, 1.54) is 0 Å². The van der Waals surface area contributed by atoms with Gasteiger partial charge in [0.2, 0.25) is 0 Å². The molecule has 1 aromatic rings. The molecule has 1 aliphatic rings. The Morgan fingerprint density at radius 2 is 2.64 bits per heavy atom. The maximum absolute atomic E-state index is 11.7. The van der Waals surface area contributed by atoms with Crippen LogP contribution in [0.1, 0.15) is 23.5 Å². The van der Waals surface area contributed by atoms with Crippen molar-refractivity contribution in [3.05, 3.63) is 16.1 Å². The minimum Gasteiger partial charge on any atom is -0.370 e. The van der Waals surface area contributed by atoms with Crippen LogP contribution in [0.4, 0.5) is 0 Å². The highest BCUT2D eigenvalue weighted by Crippen LogP contribution is 2.16. The van der Waals surface area contributed by atoms with Crippen LogP contribution in [0.15, 0.2) is 5.38 Å². The molecule has 0 saturated carbocycles. The van der Waals surface area contributed by atoms with E-state index in [1.54, 1.807) is 11.3 Å². The zero-order chi connectivity index (χ0) is 9.97. The Hall–Kier alpha value is -0.740. The highest BCUT2D eigenvalue weighted by Gasteiger charge is 2.23. The molecule has 0 aliphatic carbocycles. The first-order valence-corrected chi connectivity index (χ1v) is 5.69. The van der Waals surface area contributed by atoms with Crippen LogP contribution in [0.25, 0.3) is 0 Å². The normalized spacial score (nSPS) is 21.4. The average molecular weight is 211 g/mol. The molecule has 0 bridgehead atoms. The lowest BCUT2D eigenvalue weighted by Gasteiger charge is -2.05. The lowest BCUT2D eigenvalue weighted by Crippen LogP contribution is -2.21. The third-order valence-electron chi connectivity index (χ3n) is 2.31. The van der Waals surface area contributed by atoms with E-state index >= 15 is 0 Å². The molecule has 14 heavy (non-hydrogen) atoms. The number of rotatable bonds is 3. The number of aryl methyl sites for hydroxylation is 1. The van der Waals surface area contributed by atoms with Crippen LogP contribution in [0.5, 0.6) is 0 Å². The Morgan fingerprint density at radius 3 is 3.21 bits per heavy atom. The van der Waals surface area contributed by atoms with Gasteiger partial charge in [0.25, 0.3) is 0 Å². The van der Waals surface area contributed by atoms with Crippen molar-refractivity contribution in [2.24, 2.45) is 0 Å². The third kappa shape index (κ3) is 2.19. The standard InChI is InChI=1S/C10H13NO2S/c1-7-11-8(6-14-7)5-9(12)10-3-2-4-13-10/h6,10H,2-5H2,1H3. The number of carbonyl (C=O) groups is 1. The molecule has 1 fully saturated rings. The van der Waals surface area contributed by atoms with Gasteiger partial charge < -0.3 is 4.74 Å². The summed E-state index contributed by atoms with van der Waals surface area (Å²) in [5, 5.41) is 2.96. The molecule has 1 aliphatic heterocycles. The summed E-state index contributed by atoms with van der Waals surface area (Å²) in [5.74, 6) is 0.174. The van der Waals surface area contributed by atoms with Gasteiger partial charge in [0, 0.05) is 12.0 Å². The fourth-order valence-corrected chi connectivity index (χ4v) is 2.23. The zero-order valence-corrected chi connectivity index (χ0v) is 8.97. The number of hydrogen-bond donors (Lipinski definition) is 0. The molecular formula is C10H13NO2S. The summed E-state index contributed by atoms with van der Waals surface area (Å²) in [7, 11) is 0. The maximum atomic E-state index is 11.7. The second-order valence-corrected chi connectivity index (χ2v) is 4.56. The molecule has 2 heterocycles. The summed E-state index contributed by atoms with van der Waals surface area (Å²) in [4.78, 5) is 15.9. The molecular weight excluding hydrogens is 198 g/mol. The van der Waals surface area contributed by atoms with Gasteiger partial charge in [0.15, 0.2) is 5.78 Å². The summed E-state index contributed by atoms with van der Waals surface area (Å²) in [6.07, 6.45) is 2.14. The first-order valence-electron chi connectivity index (χ1n) is 4.81. The number of ether oxygens (including phenoxy) is 1. The number of Topliss-reactive ketones (excluding diaryl/α,β-unsaturated/α-hetero) is 1. The number of nitrogens with zero attached hydrogens (tertiary/aromatic N) is 1. The number of thiazole rings is 1. The Kier molecular flexibility index (Phi) is 2.93. The van der Waals surface area contributed by atoms with E-state index in [1.807, 2.05) is 12.3 Å². The molecule has 0 amide bonds. The van der Waals surface area contributed by atoms with E-state index in [9.17, 15) is 4.79 Å². The molecule has 1 atom stereocenters. The van der Waals surface area contributed by atoms with Gasteiger partial charge in [-0.15, -0.1) is 11.3 Å². The second-order valence-electron chi connectivity index (χ2n) is 3.50. The summed E-state index contributed by atoms with van der Waals surface area (Å²) in [5.41, 5.74) is 0.882. The van der Waals surface area contributed by atoms with Gasteiger partial charge in [0.05, 0.1) is 17.1 Å². The van der Waals surface area contributed by atoms with Gasteiger partial charge >= 0.3 is 0 Å². The molecule has 0 spiro atoms. The monoisotopic (exact) mass is 211 g/mol. The van der Waals surface area contributed by atoms with Crippen molar-refractivity contribution >= 4 is 17.1 Å². The number of ketones is 1. The van der Waals surface area contributed by atoms with Crippen LogP contribution in [0.3, 0.4) is 0 Å². The number of carbonyl (C=O) groups excluding carboxylic acids is 1. The highest BCUT2D eigenvalue weighted by atomic mass is 32.1. The predicted molar refractivity (Wildman–Crippen MR) is 54.5 cm³/mol. The highest BCUT2D eigenvalue weighted by molar-refractivity contribution is 7.09. The summed E-state index contributed by atoms with van der Waals surface area (Å²) in [6, 6.07) is 0. The first kappa shape index (κ1) is 9.80. The average Bonchev–Trinajstić information content (AvgIpc) is 2.75. The zero-order valence-electron chi connectivity index (χ0n) is 8.16. The largest absolute Gasteiger partial charge is 0.370 e. The van der Waals surface area contributed by atoms with Crippen molar-refractivity contribution in [3.8, 4) is 0 Å². The van der Waals surface area contributed by atoms with Crippen LogP contribution >= 0.6 is 11.3 Å². The van der Waals surface area contributed by atoms with Crippen molar-refractivity contribution in [3.63, 3.8) is 0 Å². The van der Waals surface area contributed by atoms with E-state index in [4.69, 9.17) is 4.74 Å². The summed E-state index contributed by atoms with van der Waals surface area (Å²) in [6.45, 7) is 2.68. The summed E-state index contributed by atoms with van der Waals surface area (Å²) >= 11 is 1.58. The van der Waals surface area contributed by atoms with Crippen LogP contribution in [0.2, 0.25) is 0 Å². The molecule has 76 valence electrons. The van der Waals surface area contributed by atoms with Crippen LogP contribution < -0.4 is 0 Å². The van der Waals surface area contributed by atoms with E-state index in [-0.39, 0.29) is 11.9 Å². The fourth-order valence-electron chi connectivity index (χ4n) is 1.61. The van der Waals surface area contributed by atoms with E-state index in [0.29, 0.717) is 6.42 Å². The van der Waals surface area contributed by atoms with Crippen molar-refractivity contribution in [1.29, 1.82) is 0 Å². The molecule has 1 unspecified atom stereocenters. The molecule has 1 aromatic heterocycles. The van der Waals surface area contributed by atoms with E-state index in [0.717, 1.165) is 30.2 Å². The molecule has 1 saturated heterocycles. The first-order chi connectivity index (χ1) is 6.75. The molecule has 4 heteroatoms.